The third-order valence-electron chi connectivity index (χ3n) is 3.96. The zero-order chi connectivity index (χ0) is 18.7. The van der Waals surface area contributed by atoms with E-state index in [4.69, 9.17) is 20.8 Å². The van der Waals surface area contributed by atoms with Crippen molar-refractivity contribution in [3.05, 3.63) is 68.7 Å². The fourth-order valence-corrected chi connectivity index (χ4v) is 2.75. The molecule has 7 heteroatoms. The van der Waals surface area contributed by atoms with E-state index in [1.54, 1.807) is 29.8 Å². The molecule has 0 aliphatic rings. The number of hydrogen-bond donors (Lipinski definition) is 1. The number of carbonyl (C=O) groups excluding carboxylic acids is 1. The van der Waals surface area contributed by atoms with Crippen LogP contribution in [0.1, 0.15) is 28.6 Å². The molecular weight excluding hydrogens is 356 g/mol. The highest BCUT2D eigenvalue weighted by Gasteiger charge is 2.17. The van der Waals surface area contributed by atoms with Gasteiger partial charge in [-0.3, -0.25) is 9.59 Å². The number of amides is 1. The third kappa shape index (κ3) is 3.81. The molecule has 0 bridgehead atoms. The van der Waals surface area contributed by atoms with Gasteiger partial charge in [-0.05, 0) is 30.7 Å². The van der Waals surface area contributed by atoms with Gasteiger partial charge in [0, 0.05) is 31.4 Å². The molecule has 0 radical (unpaired) electrons. The molecule has 0 aliphatic heterocycles. The lowest BCUT2D eigenvalue weighted by atomic mass is 10.2. The Morgan fingerprint density at radius 3 is 2.73 bits per heavy atom. The topological polar surface area (TPSA) is 73.5 Å². The summed E-state index contributed by atoms with van der Waals surface area (Å²) in [4.78, 5) is 25.1. The summed E-state index contributed by atoms with van der Waals surface area (Å²) in [6, 6.07) is 8.77. The predicted octanol–water partition coefficient (Wildman–Crippen LogP) is 3.25. The van der Waals surface area contributed by atoms with Crippen LogP contribution < -0.4 is 10.7 Å². The van der Waals surface area contributed by atoms with Crippen LogP contribution in [0.5, 0.6) is 0 Å². The molecule has 0 aliphatic carbocycles. The summed E-state index contributed by atoms with van der Waals surface area (Å²) in [7, 11) is 1.73. The molecule has 1 amide bonds. The second kappa shape index (κ2) is 7.76. The molecule has 1 aromatic carbocycles. The standard InChI is InChI=1S/C19H19ClN2O4/c1-3-25-11-14-8-15-17(23)16(10-22(2)19(15)26-14)18(24)21-9-12-4-6-13(20)7-5-12/h4-8,10H,3,9,11H2,1-2H3,(H,21,24). The minimum Gasteiger partial charge on any atom is -0.442 e. The molecule has 3 aromatic rings. The highest BCUT2D eigenvalue weighted by molar-refractivity contribution is 6.30. The Labute approximate surface area is 155 Å². The van der Waals surface area contributed by atoms with Crippen molar-refractivity contribution in [2.24, 2.45) is 7.05 Å². The van der Waals surface area contributed by atoms with Gasteiger partial charge in [-0.1, -0.05) is 23.7 Å². The van der Waals surface area contributed by atoms with Crippen molar-refractivity contribution in [1.29, 1.82) is 0 Å². The minimum atomic E-state index is -0.435. The number of furan rings is 1. The first-order valence-corrected chi connectivity index (χ1v) is 8.59. The van der Waals surface area contributed by atoms with E-state index in [1.807, 2.05) is 19.1 Å². The monoisotopic (exact) mass is 374 g/mol. The van der Waals surface area contributed by atoms with Crippen molar-refractivity contribution in [2.45, 2.75) is 20.1 Å². The zero-order valence-electron chi connectivity index (χ0n) is 14.5. The molecule has 2 aromatic heterocycles. The third-order valence-corrected chi connectivity index (χ3v) is 4.21. The first-order valence-electron chi connectivity index (χ1n) is 8.22. The number of carbonyl (C=O) groups is 1. The van der Waals surface area contributed by atoms with E-state index in [-0.39, 0.29) is 17.6 Å². The summed E-state index contributed by atoms with van der Waals surface area (Å²) in [5, 5.41) is 3.75. The van der Waals surface area contributed by atoms with Crippen molar-refractivity contribution in [1.82, 2.24) is 9.88 Å². The van der Waals surface area contributed by atoms with E-state index in [9.17, 15) is 9.59 Å². The number of rotatable bonds is 6. The number of hydrogen-bond acceptors (Lipinski definition) is 4. The molecule has 3 rings (SSSR count). The van der Waals surface area contributed by atoms with E-state index in [2.05, 4.69) is 5.32 Å². The number of pyridine rings is 1. The molecule has 0 fully saturated rings. The molecule has 26 heavy (non-hydrogen) atoms. The average molecular weight is 375 g/mol. The number of benzene rings is 1. The van der Waals surface area contributed by atoms with Gasteiger partial charge in [0.05, 0.1) is 5.39 Å². The fraction of sp³-hybridized carbons (Fsp3) is 0.263. The van der Waals surface area contributed by atoms with Gasteiger partial charge in [0.1, 0.15) is 17.9 Å². The van der Waals surface area contributed by atoms with Crippen molar-refractivity contribution >= 4 is 28.6 Å². The first kappa shape index (κ1) is 18.2. The number of fused-ring (bicyclic) bond motifs is 1. The molecule has 0 spiro atoms. The van der Waals surface area contributed by atoms with Crippen LogP contribution in [0.25, 0.3) is 11.1 Å². The molecule has 2 heterocycles. The smallest absolute Gasteiger partial charge is 0.257 e. The van der Waals surface area contributed by atoms with Gasteiger partial charge in [-0.15, -0.1) is 0 Å². The van der Waals surface area contributed by atoms with E-state index in [0.717, 1.165) is 5.56 Å². The molecular formula is C19H19ClN2O4. The number of nitrogens with zero attached hydrogens (tertiary/aromatic N) is 1. The van der Waals surface area contributed by atoms with Crippen LogP contribution in [0.15, 0.2) is 45.7 Å². The molecule has 0 saturated heterocycles. The van der Waals surface area contributed by atoms with Gasteiger partial charge in [0.25, 0.3) is 5.91 Å². The lowest BCUT2D eigenvalue weighted by Gasteiger charge is -2.07. The van der Waals surface area contributed by atoms with Crippen LogP contribution >= 0.6 is 11.6 Å². The number of nitrogens with one attached hydrogen (secondary N) is 1. The van der Waals surface area contributed by atoms with Crippen LogP contribution in [0, 0.1) is 0 Å². The van der Waals surface area contributed by atoms with Crippen molar-refractivity contribution < 1.29 is 13.9 Å². The molecule has 6 nitrogen and oxygen atoms in total. The molecule has 0 atom stereocenters. The Morgan fingerprint density at radius 2 is 2.04 bits per heavy atom. The maximum absolute atomic E-state index is 12.7. The van der Waals surface area contributed by atoms with Gasteiger partial charge in [0.15, 0.2) is 0 Å². The van der Waals surface area contributed by atoms with Gasteiger partial charge in [0.2, 0.25) is 11.1 Å². The van der Waals surface area contributed by atoms with E-state index in [0.29, 0.717) is 35.0 Å². The van der Waals surface area contributed by atoms with Crippen molar-refractivity contribution in [2.75, 3.05) is 6.61 Å². The molecule has 136 valence electrons. The number of aromatic nitrogens is 1. The largest absolute Gasteiger partial charge is 0.442 e. The Morgan fingerprint density at radius 1 is 1.31 bits per heavy atom. The summed E-state index contributed by atoms with van der Waals surface area (Å²) in [6.07, 6.45) is 1.48. The fourth-order valence-electron chi connectivity index (χ4n) is 2.63. The second-order valence-electron chi connectivity index (χ2n) is 5.86. The maximum Gasteiger partial charge on any atom is 0.257 e. The highest BCUT2D eigenvalue weighted by Crippen LogP contribution is 2.17. The van der Waals surface area contributed by atoms with Gasteiger partial charge in [-0.25, -0.2) is 0 Å². The Bertz CT molecular complexity index is 989. The number of aryl methyl sites for hydroxylation is 1. The van der Waals surface area contributed by atoms with Crippen LogP contribution in [-0.4, -0.2) is 17.1 Å². The second-order valence-corrected chi connectivity index (χ2v) is 6.30. The quantitative estimate of drug-likeness (QED) is 0.718. The van der Waals surface area contributed by atoms with Crippen LogP contribution in [-0.2, 0) is 24.9 Å². The van der Waals surface area contributed by atoms with Gasteiger partial charge in [-0.2, -0.15) is 0 Å². The summed E-state index contributed by atoms with van der Waals surface area (Å²) in [6.45, 7) is 3.01. The van der Waals surface area contributed by atoms with Crippen LogP contribution in [0.4, 0.5) is 0 Å². The Balaban J connectivity index is 1.84. The van der Waals surface area contributed by atoms with E-state index >= 15 is 0 Å². The van der Waals surface area contributed by atoms with Gasteiger partial charge >= 0.3 is 0 Å². The maximum atomic E-state index is 12.7. The molecule has 0 unspecified atom stereocenters. The summed E-state index contributed by atoms with van der Waals surface area (Å²) < 4.78 is 12.6. The van der Waals surface area contributed by atoms with Gasteiger partial charge < -0.3 is 19.0 Å². The van der Waals surface area contributed by atoms with E-state index < -0.39 is 5.91 Å². The Hall–Kier alpha value is -2.57. The predicted molar refractivity (Wildman–Crippen MR) is 99.4 cm³/mol. The van der Waals surface area contributed by atoms with Crippen molar-refractivity contribution in [3.8, 4) is 0 Å². The van der Waals surface area contributed by atoms with Crippen LogP contribution in [0.3, 0.4) is 0 Å². The zero-order valence-corrected chi connectivity index (χ0v) is 15.3. The number of halogens is 1. The molecule has 1 N–H and O–H groups in total. The van der Waals surface area contributed by atoms with E-state index in [1.165, 1.54) is 6.20 Å². The molecule has 0 saturated carbocycles. The van der Waals surface area contributed by atoms with Crippen LogP contribution in [0.2, 0.25) is 5.02 Å². The first-order chi connectivity index (χ1) is 12.5. The summed E-state index contributed by atoms with van der Waals surface area (Å²) in [5.41, 5.74) is 1.01. The average Bonchev–Trinajstić information content (AvgIpc) is 3.07. The lowest BCUT2D eigenvalue weighted by Crippen LogP contribution is -2.29. The Kier molecular flexibility index (Phi) is 5.44. The highest BCUT2D eigenvalue weighted by atomic mass is 35.5. The lowest BCUT2D eigenvalue weighted by molar-refractivity contribution is 0.0949. The minimum absolute atomic E-state index is 0.0673. The normalized spacial score (nSPS) is 11.0. The van der Waals surface area contributed by atoms with Crippen molar-refractivity contribution in [3.63, 3.8) is 0 Å². The summed E-state index contributed by atoms with van der Waals surface area (Å²) >= 11 is 5.85. The SMILES string of the molecule is CCOCc1cc2c(=O)c(C(=O)NCc3ccc(Cl)cc3)cn(C)c2o1. The number of ether oxygens (including phenoxy) is 1. The summed E-state index contributed by atoms with van der Waals surface area (Å²) in [5.74, 6) is 0.114.